The van der Waals surface area contributed by atoms with Crippen LogP contribution in [0.15, 0.2) is 9.52 Å². The Morgan fingerprint density at radius 2 is 2.26 bits per heavy atom. The number of hydrogen-bond donors (Lipinski definition) is 2. The molecule has 1 aromatic rings. The van der Waals surface area contributed by atoms with Crippen molar-refractivity contribution in [3.05, 3.63) is 11.7 Å². The van der Waals surface area contributed by atoms with Gasteiger partial charge in [0, 0.05) is 37.2 Å². The highest BCUT2D eigenvalue weighted by Crippen LogP contribution is 2.27. The number of aliphatic imine (C=N–C) groups is 1. The number of rotatable bonds is 7. The van der Waals surface area contributed by atoms with Gasteiger partial charge in [0.15, 0.2) is 11.8 Å². The maximum Gasteiger partial charge on any atom is 0.226 e. The van der Waals surface area contributed by atoms with Gasteiger partial charge in [-0.25, -0.2) is 0 Å². The van der Waals surface area contributed by atoms with Crippen LogP contribution in [0.25, 0.3) is 0 Å². The van der Waals surface area contributed by atoms with E-state index in [9.17, 15) is 0 Å². The number of thioether (sulfide) groups is 1. The van der Waals surface area contributed by atoms with Crippen molar-refractivity contribution in [3.63, 3.8) is 0 Å². The summed E-state index contributed by atoms with van der Waals surface area (Å²) in [7, 11) is 1.82. The van der Waals surface area contributed by atoms with Crippen LogP contribution in [-0.2, 0) is 6.42 Å². The van der Waals surface area contributed by atoms with Crippen LogP contribution in [0.4, 0.5) is 0 Å². The van der Waals surface area contributed by atoms with Gasteiger partial charge >= 0.3 is 0 Å². The molecule has 2 rings (SSSR count). The van der Waals surface area contributed by atoms with Crippen LogP contribution in [0.1, 0.15) is 57.2 Å². The van der Waals surface area contributed by atoms with Crippen molar-refractivity contribution in [3.8, 4) is 0 Å². The molecule has 2 unspecified atom stereocenters. The Bertz CT molecular complexity index is 502. The predicted molar refractivity (Wildman–Crippen MR) is 96.1 cm³/mol. The van der Waals surface area contributed by atoms with Crippen molar-refractivity contribution in [2.24, 2.45) is 4.99 Å². The molecule has 6 nitrogen and oxygen atoms in total. The third kappa shape index (κ3) is 5.71. The van der Waals surface area contributed by atoms with E-state index in [4.69, 9.17) is 4.52 Å². The molecule has 23 heavy (non-hydrogen) atoms. The minimum atomic E-state index is 0.310. The average molecular weight is 340 g/mol. The van der Waals surface area contributed by atoms with Crippen molar-refractivity contribution >= 4 is 17.7 Å². The maximum atomic E-state index is 5.25. The summed E-state index contributed by atoms with van der Waals surface area (Å²) in [6.45, 7) is 4.98. The zero-order chi connectivity index (χ0) is 16.7. The lowest BCUT2D eigenvalue weighted by atomic mass is 10.2. The fourth-order valence-corrected chi connectivity index (χ4v) is 3.52. The first-order chi connectivity index (χ1) is 11.1. The molecule has 1 fully saturated rings. The standard InChI is InChI=1S/C16H29N5OS/c1-11(2)15-20-14(22-21-15)6-5-9-18-16(17-3)19-12-7-8-13(10-12)23-4/h11-13H,5-10H2,1-4H3,(H2,17,18,19). The molecule has 1 aliphatic carbocycles. The van der Waals surface area contributed by atoms with Gasteiger partial charge in [0.05, 0.1) is 0 Å². The molecule has 0 bridgehead atoms. The number of nitrogens with one attached hydrogen (secondary N) is 2. The molecule has 0 radical (unpaired) electrons. The summed E-state index contributed by atoms with van der Waals surface area (Å²) in [6.07, 6.45) is 7.68. The minimum Gasteiger partial charge on any atom is -0.356 e. The van der Waals surface area contributed by atoms with Gasteiger partial charge < -0.3 is 15.2 Å². The first-order valence-corrected chi connectivity index (χ1v) is 9.73. The van der Waals surface area contributed by atoms with Gasteiger partial charge in [-0.3, -0.25) is 4.99 Å². The minimum absolute atomic E-state index is 0.310. The average Bonchev–Trinajstić information content (AvgIpc) is 3.19. The van der Waals surface area contributed by atoms with E-state index in [0.29, 0.717) is 12.0 Å². The summed E-state index contributed by atoms with van der Waals surface area (Å²) in [5, 5.41) is 11.7. The summed E-state index contributed by atoms with van der Waals surface area (Å²) >= 11 is 1.97. The van der Waals surface area contributed by atoms with Crippen molar-refractivity contribution in [1.82, 2.24) is 20.8 Å². The highest BCUT2D eigenvalue weighted by molar-refractivity contribution is 7.99. The molecule has 0 saturated heterocycles. The van der Waals surface area contributed by atoms with Gasteiger partial charge in [-0.1, -0.05) is 19.0 Å². The first kappa shape index (κ1) is 18.1. The SMILES string of the molecule is CN=C(NCCCc1nc(C(C)C)no1)NC1CCC(SC)C1. The van der Waals surface area contributed by atoms with E-state index >= 15 is 0 Å². The van der Waals surface area contributed by atoms with Gasteiger partial charge in [0.2, 0.25) is 5.89 Å². The predicted octanol–water partition coefficient (Wildman–Crippen LogP) is 2.57. The Kier molecular flexibility index (Phi) is 7.20. The first-order valence-electron chi connectivity index (χ1n) is 8.44. The lowest BCUT2D eigenvalue weighted by Gasteiger charge is -2.17. The molecular formula is C16H29N5OS. The van der Waals surface area contributed by atoms with Gasteiger partial charge in [0.25, 0.3) is 0 Å². The van der Waals surface area contributed by atoms with Crippen LogP contribution < -0.4 is 10.6 Å². The zero-order valence-corrected chi connectivity index (χ0v) is 15.4. The van der Waals surface area contributed by atoms with E-state index in [1.807, 2.05) is 18.8 Å². The Hall–Kier alpha value is -1.24. The topological polar surface area (TPSA) is 75.3 Å². The van der Waals surface area contributed by atoms with Crippen molar-refractivity contribution < 1.29 is 4.52 Å². The molecule has 7 heteroatoms. The Labute approximate surface area is 143 Å². The number of aryl methyl sites for hydroxylation is 1. The fraction of sp³-hybridized carbons (Fsp3) is 0.812. The van der Waals surface area contributed by atoms with Crippen LogP contribution in [0.3, 0.4) is 0 Å². The molecule has 2 N–H and O–H groups in total. The molecule has 1 saturated carbocycles. The van der Waals surface area contributed by atoms with E-state index in [-0.39, 0.29) is 0 Å². The number of hydrogen-bond acceptors (Lipinski definition) is 5. The number of aromatic nitrogens is 2. The van der Waals surface area contributed by atoms with Crippen LogP contribution in [-0.4, -0.2) is 47.2 Å². The Morgan fingerprint density at radius 3 is 2.87 bits per heavy atom. The zero-order valence-electron chi connectivity index (χ0n) is 14.6. The number of guanidine groups is 1. The summed E-state index contributed by atoms with van der Waals surface area (Å²) < 4.78 is 5.25. The molecule has 1 aliphatic rings. The lowest BCUT2D eigenvalue weighted by molar-refractivity contribution is 0.368. The molecule has 0 aliphatic heterocycles. The Balaban J connectivity index is 1.65. The van der Waals surface area contributed by atoms with Gasteiger partial charge in [-0.15, -0.1) is 0 Å². The van der Waals surface area contributed by atoms with Crippen LogP contribution in [0, 0.1) is 0 Å². The van der Waals surface area contributed by atoms with E-state index in [0.717, 1.165) is 42.3 Å². The van der Waals surface area contributed by atoms with Crippen LogP contribution in [0.5, 0.6) is 0 Å². The third-order valence-corrected chi connectivity index (χ3v) is 5.24. The largest absolute Gasteiger partial charge is 0.356 e. The van der Waals surface area contributed by atoms with Crippen molar-refractivity contribution in [2.45, 2.75) is 63.2 Å². The van der Waals surface area contributed by atoms with E-state index in [1.54, 1.807) is 0 Å². The van der Waals surface area contributed by atoms with Gasteiger partial charge in [0.1, 0.15) is 0 Å². The van der Waals surface area contributed by atoms with Crippen molar-refractivity contribution in [2.75, 3.05) is 19.8 Å². The quantitative estimate of drug-likeness (QED) is 0.452. The molecule has 1 aromatic heterocycles. The van der Waals surface area contributed by atoms with E-state index in [1.165, 1.54) is 19.3 Å². The lowest BCUT2D eigenvalue weighted by Crippen LogP contribution is -2.42. The monoisotopic (exact) mass is 339 g/mol. The summed E-state index contributed by atoms with van der Waals surface area (Å²) in [6, 6.07) is 0.545. The summed E-state index contributed by atoms with van der Waals surface area (Å²) in [5.41, 5.74) is 0. The third-order valence-electron chi connectivity index (χ3n) is 4.14. The normalized spacial score (nSPS) is 21.9. The van der Waals surface area contributed by atoms with Gasteiger partial charge in [-0.2, -0.15) is 16.7 Å². The molecule has 2 atom stereocenters. The van der Waals surface area contributed by atoms with Crippen LogP contribution in [0.2, 0.25) is 0 Å². The van der Waals surface area contributed by atoms with Gasteiger partial charge in [-0.05, 0) is 31.9 Å². The second-order valence-electron chi connectivity index (χ2n) is 6.32. The highest BCUT2D eigenvalue weighted by atomic mass is 32.2. The maximum absolute atomic E-state index is 5.25. The van der Waals surface area contributed by atoms with E-state index < -0.39 is 0 Å². The molecule has 0 amide bonds. The Morgan fingerprint density at radius 1 is 1.43 bits per heavy atom. The summed E-state index contributed by atoms with van der Waals surface area (Å²) in [4.78, 5) is 8.70. The second kappa shape index (κ2) is 9.15. The molecule has 1 heterocycles. The second-order valence-corrected chi connectivity index (χ2v) is 7.45. The van der Waals surface area contributed by atoms with Crippen molar-refractivity contribution in [1.29, 1.82) is 0 Å². The number of nitrogens with zero attached hydrogens (tertiary/aromatic N) is 3. The molecule has 0 aromatic carbocycles. The summed E-state index contributed by atoms with van der Waals surface area (Å²) in [5.74, 6) is 2.71. The molecular weight excluding hydrogens is 310 g/mol. The molecule has 130 valence electrons. The highest BCUT2D eigenvalue weighted by Gasteiger charge is 2.24. The van der Waals surface area contributed by atoms with Crippen LogP contribution >= 0.6 is 11.8 Å². The fourth-order valence-electron chi connectivity index (χ4n) is 2.72. The molecule has 0 spiro atoms. The smallest absolute Gasteiger partial charge is 0.226 e. The van der Waals surface area contributed by atoms with E-state index in [2.05, 4.69) is 45.9 Å².